The number of esters is 1. The van der Waals surface area contributed by atoms with E-state index in [-0.39, 0.29) is 5.97 Å². The van der Waals surface area contributed by atoms with Crippen LogP contribution in [0.4, 0.5) is 0 Å². The molecule has 0 bridgehead atoms. The molecule has 19 heavy (non-hydrogen) atoms. The fourth-order valence-corrected chi connectivity index (χ4v) is 1.95. The van der Waals surface area contributed by atoms with Crippen LogP contribution in [-0.4, -0.2) is 17.6 Å². The summed E-state index contributed by atoms with van der Waals surface area (Å²) in [7, 11) is 0. The van der Waals surface area contributed by atoms with Gasteiger partial charge in [-0.1, -0.05) is 23.8 Å². The maximum atomic E-state index is 11.7. The summed E-state index contributed by atoms with van der Waals surface area (Å²) in [6.45, 7) is 6.04. The Kier molecular flexibility index (Phi) is 3.95. The van der Waals surface area contributed by atoms with Crippen LogP contribution in [0.15, 0.2) is 36.4 Å². The van der Waals surface area contributed by atoms with E-state index in [0.29, 0.717) is 17.9 Å². The van der Waals surface area contributed by atoms with Crippen molar-refractivity contribution in [2.75, 3.05) is 6.61 Å². The SMILES string of the molecule is CCOC(=O)c1ccc(-c2cccc(C)c2)nc1C. The topological polar surface area (TPSA) is 39.2 Å². The van der Waals surface area contributed by atoms with Gasteiger partial charge in [-0.3, -0.25) is 4.98 Å². The van der Waals surface area contributed by atoms with Gasteiger partial charge in [0, 0.05) is 5.56 Å². The Balaban J connectivity index is 2.36. The highest BCUT2D eigenvalue weighted by atomic mass is 16.5. The number of rotatable bonds is 3. The Bertz CT molecular complexity index is 605. The molecule has 0 spiro atoms. The molecule has 0 unspecified atom stereocenters. The summed E-state index contributed by atoms with van der Waals surface area (Å²) in [6.07, 6.45) is 0. The molecule has 0 atom stereocenters. The number of hydrogen-bond acceptors (Lipinski definition) is 3. The third kappa shape index (κ3) is 2.99. The fourth-order valence-electron chi connectivity index (χ4n) is 1.95. The van der Waals surface area contributed by atoms with Gasteiger partial charge in [0.2, 0.25) is 0 Å². The Hall–Kier alpha value is -2.16. The van der Waals surface area contributed by atoms with E-state index >= 15 is 0 Å². The summed E-state index contributed by atoms with van der Waals surface area (Å²) < 4.78 is 4.99. The van der Waals surface area contributed by atoms with Crippen molar-refractivity contribution in [3.8, 4) is 11.3 Å². The lowest BCUT2D eigenvalue weighted by Crippen LogP contribution is -2.08. The van der Waals surface area contributed by atoms with Crippen molar-refractivity contribution in [2.45, 2.75) is 20.8 Å². The molecule has 1 aromatic heterocycles. The molecule has 98 valence electrons. The molecular formula is C16H17NO2. The Morgan fingerprint density at radius 1 is 1.21 bits per heavy atom. The van der Waals surface area contributed by atoms with Crippen molar-refractivity contribution in [3.05, 3.63) is 53.2 Å². The first-order chi connectivity index (χ1) is 9.11. The first kappa shape index (κ1) is 13.3. The molecule has 0 radical (unpaired) electrons. The summed E-state index contributed by atoms with van der Waals surface area (Å²) in [5, 5.41) is 0. The molecule has 0 aliphatic rings. The summed E-state index contributed by atoms with van der Waals surface area (Å²) >= 11 is 0. The number of aryl methyl sites for hydroxylation is 2. The maximum Gasteiger partial charge on any atom is 0.339 e. The number of nitrogens with zero attached hydrogens (tertiary/aromatic N) is 1. The second kappa shape index (κ2) is 5.65. The average molecular weight is 255 g/mol. The molecule has 0 saturated carbocycles. The van der Waals surface area contributed by atoms with Crippen LogP contribution in [-0.2, 0) is 4.74 Å². The molecule has 3 heteroatoms. The molecule has 0 aliphatic heterocycles. The molecule has 1 aromatic carbocycles. The summed E-state index contributed by atoms with van der Waals surface area (Å²) in [6, 6.07) is 11.8. The zero-order chi connectivity index (χ0) is 13.8. The summed E-state index contributed by atoms with van der Waals surface area (Å²) in [5.74, 6) is -0.316. The largest absolute Gasteiger partial charge is 0.462 e. The van der Waals surface area contributed by atoms with E-state index in [4.69, 9.17) is 4.74 Å². The van der Waals surface area contributed by atoms with Crippen LogP contribution in [0.1, 0.15) is 28.5 Å². The number of carbonyl (C=O) groups excluding carboxylic acids is 1. The smallest absolute Gasteiger partial charge is 0.339 e. The molecule has 0 amide bonds. The van der Waals surface area contributed by atoms with Crippen molar-refractivity contribution < 1.29 is 9.53 Å². The second-order valence-electron chi connectivity index (χ2n) is 4.42. The average Bonchev–Trinajstić information content (AvgIpc) is 2.38. The molecule has 0 aliphatic carbocycles. The molecule has 3 nitrogen and oxygen atoms in total. The molecule has 0 N–H and O–H groups in total. The van der Waals surface area contributed by atoms with Crippen LogP contribution >= 0.6 is 0 Å². The molecular weight excluding hydrogens is 238 g/mol. The standard InChI is InChI=1S/C16H17NO2/c1-4-19-16(18)14-8-9-15(17-12(14)3)13-7-5-6-11(2)10-13/h5-10H,4H2,1-3H3. The van der Waals surface area contributed by atoms with Gasteiger partial charge in [-0.2, -0.15) is 0 Å². The highest BCUT2D eigenvalue weighted by molar-refractivity contribution is 5.90. The van der Waals surface area contributed by atoms with Gasteiger partial charge in [0.1, 0.15) is 0 Å². The predicted octanol–water partition coefficient (Wildman–Crippen LogP) is 3.54. The van der Waals surface area contributed by atoms with Crippen LogP contribution in [0, 0.1) is 13.8 Å². The molecule has 2 aromatic rings. The number of ether oxygens (including phenoxy) is 1. The van der Waals surface area contributed by atoms with E-state index in [1.54, 1.807) is 13.0 Å². The van der Waals surface area contributed by atoms with Gasteiger partial charge in [-0.05, 0) is 39.0 Å². The Morgan fingerprint density at radius 3 is 2.63 bits per heavy atom. The van der Waals surface area contributed by atoms with Crippen LogP contribution in [0.5, 0.6) is 0 Å². The minimum atomic E-state index is -0.316. The number of benzene rings is 1. The Labute approximate surface area is 113 Å². The van der Waals surface area contributed by atoms with Gasteiger partial charge in [0.05, 0.1) is 23.6 Å². The first-order valence-electron chi connectivity index (χ1n) is 6.33. The molecule has 2 rings (SSSR count). The maximum absolute atomic E-state index is 11.7. The van der Waals surface area contributed by atoms with Crippen molar-refractivity contribution in [1.29, 1.82) is 0 Å². The number of aromatic nitrogens is 1. The quantitative estimate of drug-likeness (QED) is 0.787. The summed E-state index contributed by atoms with van der Waals surface area (Å²) in [5.41, 5.74) is 4.33. The third-order valence-electron chi connectivity index (χ3n) is 2.89. The van der Waals surface area contributed by atoms with Gasteiger partial charge < -0.3 is 4.74 Å². The zero-order valence-electron chi connectivity index (χ0n) is 11.4. The van der Waals surface area contributed by atoms with Crippen molar-refractivity contribution in [3.63, 3.8) is 0 Å². The lowest BCUT2D eigenvalue weighted by molar-refractivity contribution is 0.0525. The van der Waals surface area contributed by atoms with E-state index in [2.05, 4.69) is 11.1 Å². The van der Waals surface area contributed by atoms with E-state index < -0.39 is 0 Å². The van der Waals surface area contributed by atoms with Gasteiger partial charge in [-0.25, -0.2) is 4.79 Å². The lowest BCUT2D eigenvalue weighted by atomic mass is 10.1. The van der Waals surface area contributed by atoms with E-state index in [1.165, 1.54) is 5.56 Å². The van der Waals surface area contributed by atoms with Crippen molar-refractivity contribution in [2.24, 2.45) is 0 Å². The predicted molar refractivity (Wildman–Crippen MR) is 75.1 cm³/mol. The van der Waals surface area contributed by atoms with Crippen molar-refractivity contribution >= 4 is 5.97 Å². The Morgan fingerprint density at radius 2 is 2.00 bits per heavy atom. The van der Waals surface area contributed by atoms with Gasteiger partial charge in [0.25, 0.3) is 0 Å². The fraction of sp³-hybridized carbons (Fsp3) is 0.250. The van der Waals surface area contributed by atoms with E-state index in [1.807, 2.05) is 38.1 Å². The normalized spacial score (nSPS) is 10.3. The number of hydrogen-bond donors (Lipinski definition) is 0. The van der Waals surface area contributed by atoms with Crippen LogP contribution in [0.3, 0.4) is 0 Å². The van der Waals surface area contributed by atoms with Crippen LogP contribution in [0.25, 0.3) is 11.3 Å². The highest BCUT2D eigenvalue weighted by Gasteiger charge is 2.12. The summed E-state index contributed by atoms with van der Waals surface area (Å²) in [4.78, 5) is 16.2. The van der Waals surface area contributed by atoms with Gasteiger partial charge >= 0.3 is 5.97 Å². The zero-order valence-corrected chi connectivity index (χ0v) is 11.4. The minimum Gasteiger partial charge on any atom is -0.462 e. The van der Waals surface area contributed by atoms with Gasteiger partial charge in [0.15, 0.2) is 0 Å². The first-order valence-corrected chi connectivity index (χ1v) is 6.33. The second-order valence-corrected chi connectivity index (χ2v) is 4.42. The van der Waals surface area contributed by atoms with Crippen LogP contribution in [0.2, 0.25) is 0 Å². The molecule has 0 saturated heterocycles. The monoisotopic (exact) mass is 255 g/mol. The lowest BCUT2D eigenvalue weighted by Gasteiger charge is -2.07. The van der Waals surface area contributed by atoms with Crippen LogP contribution < -0.4 is 0 Å². The number of carbonyl (C=O) groups is 1. The highest BCUT2D eigenvalue weighted by Crippen LogP contribution is 2.20. The van der Waals surface area contributed by atoms with E-state index in [9.17, 15) is 4.79 Å². The van der Waals surface area contributed by atoms with E-state index in [0.717, 1.165) is 11.3 Å². The molecule has 1 heterocycles. The van der Waals surface area contributed by atoms with Gasteiger partial charge in [-0.15, -0.1) is 0 Å². The third-order valence-corrected chi connectivity index (χ3v) is 2.89. The molecule has 0 fully saturated rings. The number of pyridine rings is 1. The van der Waals surface area contributed by atoms with Crippen molar-refractivity contribution in [1.82, 2.24) is 4.98 Å². The minimum absolute atomic E-state index is 0.316.